The fraction of sp³-hybridized carbons (Fsp3) is 0.385. The zero-order valence-electron chi connectivity index (χ0n) is 10.9. The number of hydrogen-bond acceptors (Lipinski definition) is 3. The van der Waals surface area contributed by atoms with Gasteiger partial charge in [-0.25, -0.2) is 8.78 Å². The number of halogens is 2. The van der Waals surface area contributed by atoms with Gasteiger partial charge in [0.1, 0.15) is 6.04 Å². The average Bonchev–Trinajstić information content (AvgIpc) is 2.43. The first-order valence-electron chi connectivity index (χ1n) is 6.14. The molecule has 7 heteroatoms. The van der Waals surface area contributed by atoms with Crippen molar-refractivity contribution < 1.29 is 18.4 Å². The Balaban J connectivity index is 1.94. The summed E-state index contributed by atoms with van der Waals surface area (Å²) in [6.07, 6.45) is 0. The number of hydrogen-bond donors (Lipinski definition) is 1. The number of rotatable bonds is 3. The maximum Gasteiger partial charge on any atom is 0.242 e. The average molecular weight is 300 g/mol. The summed E-state index contributed by atoms with van der Waals surface area (Å²) in [4.78, 5) is 25.5. The highest BCUT2D eigenvalue weighted by Crippen LogP contribution is 2.21. The van der Waals surface area contributed by atoms with Crippen molar-refractivity contribution in [1.82, 2.24) is 10.2 Å². The van der Waals surface area contributed by atoms with E-state index in [1.165, 1.54) is 11.0 Å². The molecule has 1 atom stereocenters. The SMILES string of the molecule is CC1C(=O)NCCN1C(=O)CSc1ccc(F)c(F)c1. The first-order valence-corrected chi connectivity index (χ1v) is 7.12. The van der Waals surface area contributed by atoms with Crippen molar-refractivity contribution in [2.75, 3.05) is 18.8 Å². The highest BCUT2D eigenvalue weighted by molar-refractivity contribution is 8.00. The first kappa shape index (κ1) is 14.8. The van der Waals surface area contributed by atoms with Gasteiger partial charge in [-0.15, -0.1) is 11.8 Å². The van der Waals surface area contributed by atoms with Gasteiger partial charge in [-0.1, -0.05) is 0 Å². The minimum Gasteiger partial charge on any atom is -0.353 e. The molecule has 1 aliphatic heterocycles. The van der Waals surface area contributed by atoms with Gasteiger partial charge in [-0.3, -0.25) is 9.59 Å². The molecule has 2 amide bonds. The smallest absolute Gasteiger partial charge is 0.242 e. The number of nitrogens with one attached hydrogen (secondary N) is 1. The summed E-state index contributed by atoms with van der Waals surface area (Å²) in [6, 6.07) is 3.00. The topological polar surface area (TPSA) is 49.4 Å². The fourth-order valence-electron chi connectivity index (χ4n) is 1.92. The molecule has 1 unspecified atom stereocenters. The van der Waals surface area contributed by atoms with Gasteiger partial charge in [0.2, 0.25) is 11.8 Å². The van der Waals surface area contributed by atoms with Crippen LogP contribution in [0.3, 0.4) is 0 Å². The molecule has 0 aliphatic carbocycles. The van der Waals surface area contributed by atoms with E-state index in [0.29, 0.717) is 18.0 Å². The molecule has 4 nitrogen and oxygen atoms in total. The largest absolute Gasteiger partial charge is 0.353 e. The summed E-state index contributed by atoms with van der Waals surface area (Å²) < 4.78 is 25.8. The van der Waals surface area contributed by atoms with E-state index in [1.807, 2.05) is 0 Å². The molecule has 1 aromatic carbocycles. The van der Waals surface area contributed by atoms with Crippen molar-refractivity contribution >= 4 is 23.6 Å². The Morgan fingerprint density at radius 1 is 1.45 bits per heavy atom. The Kier molecular flexibility index (Phi) is 4.59. The molecule has 108 valence electrons. The number of nitrogens with zero attached hydrogens (tertiary/aromatic N) is 1. The van der Waals surface area contributed by atoms with Crippen LogP contribution in [0.5, 0.6) is 0 Å². The van der Waals surface area contributed by atoms with Gasteiger partial charge >= 0.3 is 0 Å². The van der Waals surface area contributed by atoms with Gasteiger partial charge < -0.3 is 10.2 Å². The molecular weight excluding hydrogens is 286 g/mol. The van der Waals surface area contributed by atoms with Crippen molar-refractivity contribution in [2.24, 2.45) is 0 Å². The second-order valence-corrected chi connectivity index (χ2v) is 5.47. The standard InChI is InChI=1S/C13H14F2N2O2S/c1-8-13(19)16-4-5-17(8)12(18)7-20-9-2-3-10(14)11(15)6-9/h2-3,6,8H,4-5,7H2,1H3,(H,16,19). The molecule has 20 heavy (non-hydrogen) atoms. The number of carbonyl (C=O) groups is 2. The lowest BCUT2D eigenvalue weighted by molar-refractivity contribution is -0.140. The third kappa shape index (κ3) is 3.27. The van der Waals surface area contributed by atoms with Gasteiger partial charge in [-0.05, 0) is 25.1 Å². The Bertz CT molecular complexity index is 539. The second kappa shape index (κ2) is 6.21. The van der Waals surface area contributed by atoms with Gasteiger partial charge in [0.25, 0.3) is 0 Å². The summed E-state index contributed by atoms with van der Waals surface area (Å²) >= 11 is 1.12. The van der Waals surface area contributed by atoms with Crippen LogP contribution in [0.25, 0.3) is 0 Å². The van der Waals surface area contributed by atoms with E-state index in [9.17, 15) is 18.4 Å². The number of carbonyl (C=O) groups excluding carboxylic acids is 2. The monoisotopic (exact) mass is 300 g/mol. The molecule has 1 aromatic rings. The number of piperazine rings is 1. The van der Waals surface area contributed by atoms with Crippen LogP contribution in [-0.4, -0.2) is 41.6 Å². The first-order chi connectivity index (χ1) is 9.49. The van der Waals surface area contributed by atoms with E-state index in [2.05, 4.69) is 5.32 Å². The molecule has 1 fully saturated rings. The number of amides is 2. The summed E-state index contributed by atoms with van der Waals surface area (Å²) in [5.41, 5.74) is 0. The summed E-state index contributed by atoms with van der Waals surface area (Å²) in [7, 11) is 0. The van der Waals surface area contributed by atoms with Gasteiger partial charge in [0, 0.05) is 18.0 Å². The summed E-state index contributed by atoms with van der Waals surface area (Å²) in [5.74, 6) is -2.14. The Labute approximate surface area is 119 Å². The van der Waals surface area contributed by atoms with Gasteiger partial charge in [0.15, 0.2) is 11.6 Å². The van der Waals surface area contributed by atoms with E-state index in [1.54, 1.807) is 6.92 Å². The van der Waals surface area contributed by atoms with Crippen LogP contribution in [0, 0.1) is 11.6 Å². The quantitative estimate of drug-likeness (QED) is 0.859. The Morgan fingerprint density at radius 3 is 2.90 bits per heavy atom. The zero-order valence-corrected chi connectivity index (χ0v) is 11.7. The van der Waals surface area contributed by atoms with E-state index >= 15 is 0 Å². The molecule has 1 N–H and O–H groups in total. The third-order valence-corrected chi connectivity index (χ3v) is 4.05. The molecule has 2 rings (SSSR count). The molecule has 1 aliphatic rings. The third-order valence-electron chi connectivity index (χ3n) is 3.07. The maximum atomic E-state index is 13.0. The van der Waals surface area contributed by atoms with Gasteiger partial charge in [-0.2, -0.15) is 0 Å². The van der Waals surface area contributed by atoms with E-state index in [4.69, 9.17) is 0 Å². The number of benzene rings is 1. The molecule has 0 aromatic heterocycles. The highest BCUT2D eigenvalue weighted by Gasteiger charge is 2.28. The van der Waals surface area contributed by atoms with Crippen LogP contribution in [0.4, 0.5) is 8.78 Å². The Morgan fingerprint density at radius 2 is 2.20 bits per heavy atom. The van der Waals surface area contributed by atoms with Crippen LogP contribution in [0.15, 0.2) is 23.1 Å². The maximum absolute atomic E-state index is 13.0. The van der Waals surface area contributed by atoms with Crippen LogP contribution >= 0.6 is 11.8 Å². The van der Waals surface area contributed by atoms with E-state index < -0.39 is 17.7 Å². The zero-order chi connectivity index (χ0) is 14.7. The second-order valence-electron chi connectivity index (χ2n) is 4.42. The lowest BCUT2D eigenvalue weighted by atomic mass is 10.2. The van der Waals surface area contributed by atoms with Crippen molar-refractivity contribution in [2.45, 2.75) is 17.9 Å². The van der Waals surface area contributed by atoms with E-state index in [-0.39, 0.29) is 17.6 Å². The van der Waals surface area contributed by atoms with Crippen molar-refractivity contribution in [3.05, 3.63) is 29.8 Å². The minimum atomic E-state index is -0.937. The van der Waals surface area contributed by atoms with Gasteiger partial charge in [0.05, 0.1) is 5.75 Å². The van der Waals surface area contributed by atoms with Crippen LogP contribution in [0.2, 0.25) is 0 Å². The van der Waals surface area contributed by atoms with Crippen LogP contribution in [-0.2, 0) is 9.59 Å². The Hall–Kier alpha value is -1.63. The number of thioether (sulfide) groups is 1. The van der Waals surface area contributed by atoms with Crippen LogP contribution in [0.1, 0.15) is 6.92 Å². The van der Waals surface area contributed by atoms with Crippen molar-refractivity contribution in [3.8, 4) is 0 Å². The van der Waals surface area contributed by atoms with Crippen molar-refractivity contribution in [1.29, 1.82) is 0 Å². The predicted molar refractivity (Wildman–Crippen MR) is 71.3 cm³/mol. The molecule has 0 spiro atoms. The van der Waals surface area contributed by atoms with Crippen molar-refractivity contribution in [3.63, 3.8) is 0 Å². The summed E-state index contributed by atoms with van der Waals surface area (Å²) in [6.45, 7) is 2.56. The predicted octanol–water partition coefficient (Wildman–Crippen LogP) is 1.40. The summed E-state index contributed by atoms with van der Waals surface area (Å²) in [5, 5.41) is 2.67. The molecule has 1 heterocycles. The molecular formula is C13H14F2N2O2S. The molecule has 0 bridgehead atoms. The lowest BCUT2D eigenvalue weighted by Gasteiger charge is -2.32. The fourth-order valence-corrected chi connectivity index (χ4v) is 2.72. The lowest BCUT2D eigenvalue weighted by Crippen LogP contribution is -2.56. The van der Waals surface area contributed by atoms with Crippen LogP contribution < -0.4 is 5.32 Å². The molecule has 0 radical (unpaired) electrons. The highest BCUT2D eigenvalue weighted by atomic mass is 32.2. The molecule has 0 saturated carbocycles. The molecule has 1 saturated heterocycles. The normalized spacial score (nSPS) is 18.9. The minimum absolute atomic E-state index is 0.0860. The van der Waals surface area contributed by atoms with E-state index in [0.717, 1.165) is 23.9 Å².